The molecule has 0 aliphatic carbocycles. The molecule has 1 aromatic heterocycles. The lowest BCUT2D eigenvalue weighted by atomic mass is 9.98. The van der Waals surface area contributed by atoms with Gasteiger partial charge in [-0.3, -0.25) is 9.59 Å². The maximum Gasteiger partial charge on any atom is 0.310 e. The average Bonchev–Trinajstić information content (AvgIpc) is 2.85. The van der Waals surface area contributed by atoms with Crippen LogP contribution in [0.1, 0.15) is 34.3 Å². The number of amides is 1. The molecular weight excluding hydrogens is 262 g/mol. The van der Waals surface area contributed by atoms with E-state index in [1.165, 1.54) is 11.3 Å². The lowest BCUT2D eigenvalue weighted by molar-refractivity contribution is -0.149. The number of esters is 1. The van der Waals surface area contributed by atoms with Gasteiger partial charge >= 0.3 is 5.97 Å². The first-order valence-electron chi connectivity index (χ1n) is 6.64. The fraction of sp³-hybridized carbons (Fsp3) is 0.571. The smallest absolute Gasteiger partial charge is 0.310 e. The van der Waals surface area contributed by atoms with Crippen molar-refractivity contribution in [3.63, 3.8) is 0 Å². The maximum absolute atomic E-state index is 12.3. The first-order chi connectivity index (χ1) is 9.11. The van der Waals surface area contributed by atoms with Gasteiger partial charge in [0.25, 0.3) is 5.91 Å². The second-order valence-electron chi connectivity index (χ2n) is 4.75. The van der Waals surface area contributed by atoms with Gasteiger partial charge in [-0.25, -0.2) is 0 Å². The van der Waals surface area contributed by atoms with Crippen LogP contribution in [0.3, 0.4) is 0 Å². The number of ether oxygens (including phenoxy) is 1. The van der Waals surface area contributed by atoms with Crippen LogP contribution in [0.25, 0.3) is 0 Å². The molecule has 1 amide bonds. The van der Waals surface area contributed by atoms with Gasteiger partial charge in [0.1, 0.15) is 0 Å². The minimum atomic E-state index is -0.178. The minimum Gasteiger partial charge on any atom is -0.466 e. The van der Waals surface area contributed by atoms with Crippen LogP contribution in [0.4, 0.5) is 0 Å². The van der Waals surface area contributed by atoms with Crippen LogP contribution >= 0.6 is 11.3 Å². The van der Waals surface area contributed by atoms with Gasteiger partial charge in [0, 0.05) is 18.0 Å². The van der Waals surface area contributed by atoms with Crippen LogP contribution in [0.5, 0.6) is 0 Å². The van der Waals surface area contributed by atoms with Crippen molar-refractivity contribution in [1.82, 2.24) is 4.90 Å². The first-order valence-corrected chi connectivity index (χ1v) is 7.45. The van der Waals surface area contributed by atoms with Gasteiger partial charge in [0.05, 0.1) is 17.4 Å². The number of aryl methyl sites for hydroxylation is 1. The monoisotopic (exact) mass is 281 g/mol. The van der Waals surface area contributed by atoms with E-state index in [-0.39, 0.29) is 17.8 Å². The number of hydrogen-bond acceptors (Lipinski definition) is 4. The van der Waals surface area contributed by atoms with Crippen LogP contribution in [-0.2, 0) is 9.53 Å². The number of hydrogen-bond donors (Lipinski definition) is 0. The summed E-state index contributed by atoms with van der Waals surface area (Å²) >= 11 is 1.50. The number of nitrogens with zero attached hydrogens (tertiary/aromatic N) is 1. The summed E-state index contributed by atoms with van der Waals surface area (Å²) < 4.78 is 5.04. The van der Waals surface area contributed by atoms with Crippen molar-refractivity contribution in [2.75, 3.05) is 19.7 Å². The molecule has 0 aromatic carbocycles. The molecule has 1 aliphatic heterocycles. The Hall–Kier alpha value is -1.36. The standard InChI is InChI=1S/C14H19NO3S/c1-3-18-14(17)11-5-4-8-15(9-11)13(16)12-7-6-10(2)19-12/h6-7,11H,3-5,8-9H2,1-2H3. The van der Waals surface area contributed by atoms with Crippen molar-refractivity contribution < 1.29 is 14.3 Å². The van der Waals surface area contributed by atoms with Crippen LogP contribution in [0, 0.1) is 12.8 Å². The highest BCUT2D eigenvalue weighted by molar-refractivity contribution is 7.13. The van der Waals surface area contributed by atoms with Gasteiger partial charge in [-0.2, -0.15) is 0 Å². The number of thiophene rings is 1. The van der Waals surface area contributed by atoms with Crippen LogP contribution in [-0.4, -0.2) is 36.5 Å². The van der Waals surface area contributed by atoms with E-state index in [4.69, 9.17) is 4.74 Å². The summed E-state index contributed by atoms with van der Waals surface area (Å²) in [5, 5.41) is 0. The van der Waals surface area contributed by atoms with Gasteiger partial charge < -0.3 is 9.64 Å². The number of piperidine rings is 1. The molecule has 1 fully saturated rings. The predicted octanol–water partition coefficient (Wildman–Crippen LogP) is 2.47. The van der Waals surface area contributed by atoms with E-state index >= 15 is 0 Å². The number of likely N-dealkylation sites (tertiary alicyclic amines) is 1. The first kappa shape index (κ1) is 14.1. The number of rotatable bonds is 3. The summed E-state index contributed by atoms with van der Waals surface area (Å²) in [7, 11) is 0. The maximum atomic E-state index is 12.3. The fourth-order valence-electron chi connectivity index (χ4n) is 2.32. The van der Waals surface area contributed by atoms with Crippen molar-refractivity contribution in [3.8, 4) is 0 Å². The summed E-state index contributed by atoms with van der Waals surface area (Å²) in [5.74, 6) is -0.312. The van der Waals surface area contributed by atoms with Crippen LogP contribution in [0.2, 0.25) is 0 Å². The molecule has 1 atom stereocenters. The lowest BCUT2D eigenvalue weighted by Crippen LogP contribution is -2.42. The van der Waals surface area contributed by atoms with Gasteiger partial charge in [0.15, 0.2) is 0 Å². The van der Waals surface area contributed by atoms with E-state index in [1.807, 2.05) is 19.1 Å². The quantitative estimate of drug-likeness (QED) is 0.800. The topological polar surface area (TPSA) is 46.6 Å². The molecule has 0 N–H and O–H groups in total. The minimum absolute atomic E-state index is 0.0344. The van der Waals surface area contributed by atoms with Crippen molar-refractivity contribution in [3.05, 3.63) is 21.9 Å². The van der Waals surface area contributed by atoms with Crippen LogP contribution < -0.4 is 0 Å². The van der Waals surface area contributed by atoms with E-state index in [2.05, 4.69) is 0 Å². The summed E-state index contributed by atoms with van der Waals surface area (Å²) in [6.07, 6.45) is 1.67. The zero-order chi connectivity index (χ0) is 13.8. The Balaban J connectivity index is 2.01. The van der Waals surface area contributed by atoms with E-state index in [1.54, 1.807) is 11.8 Å². The summed E-state index contributed by atoms with van der Waals surface area (Å²) in [6, 6.07) is 3.81. The van der Waals surface area contributed by atoms with E-state index < -0.39 is 0 Å². The highest BCUT2D eigenvalue weighted by atomic mass is 32.1. The zero-order valence-corrected chi connectivity index (χ0v) is 12.2. The molecular formula is C14H19NO3S. The van der Waals surface area contributed by atoms with Gasteiger partial charge in [0.2, 0.25) is 0 Å². The number of carbonyl (C=O) groups excluding carboxylic acids is 2. The molecule has 0 bridgehead atoms. The Bertz CT molecular complexity index is 469. The summed E-state index contributed by atoms with van der Waals surface area (Å²) in [5.41, 5.74) is 0. The molecule has 104 valence electrons. The molecule has 0 saturated carbocycles. The highest BCUT2D eigenvalue weighted by Gasteiger charge is 2.30. The molecule has 1 saturated heterocycles. The van der Waals surface area contributed by atoms with Crippen molar-refractivity contribution in [2.24, 2.45) is 5.92 Å². The predicted molar refractivity (Wildman–Crippen MR) is 74.3 cm³/mol. The zero-order valence-electron chi connectivity index (χ0n) is 11.3. The largest absolute Gasteiger partial charge is 0.466 e. The Morgan fingerprint density at radius 3 is 2.89 bits per heavy atom. The average molecular weight is 281 g/mol. The van der Waals surface area contributed by atoms with Crippen LogP contribution in [0.15, 0.2) is 12.1 Å². The normalized spacial score (nSPS) is 19.3. The SMILES string of the molecule is CCOC(=O)C1CCCN(C(=O)c2ccc(C)s2)C1. The molecule has 2 rings (SSSR count). The molecule has 5 heteroatoms. The lowest BCUT2D eigenvalue weighted by Gasteiger charge is -2.31. The second kappa shape index (κ2) is 6.19. The van der Waals surface area contributed by atoms with Crippen molar-refractivity contribution in [1.29, 1.82) is 0 Å². The second-order valence-corrected chi connectivity index (χ2v) is 6.04. The van der Waals surface area contributed by atoms with Gasteiger partial charge in [-0.15, -0.1) is 11.3 Å². The Morgan fingerprint density at radius 1 is 1.47 bits per heavy atom. The van der Waals surface area contributed by atoms with E-state index in [0.29, 0.717) is 13.2 Å². The molecule has 0 radical (unpaired) electrons. The Kier molecular flexibility index (Phi) is 4.58. The third kappa shape index (κ3) is 3.35. The Labute approximate surface area is 117 Å². The van der Waals surface area contributed by atoms with Crippen molar-refractivity contribution >= 4 is 23.2 Å². The molecule has 0 spiro atoms. The molecule has 1 aromatic rings. The Morgan fingerprint density at radius 2 is 2.26 bits per heavy atom. The molecule has 2 heterocycles. The van der Waals surface area contributed by atoms with E-state index in [9.17, 15) is 9.59 Å². The van der Waals surface area contributed by atoms with Gasteiger partial charge in [-0.1, -0.05) is 0 Å². The third-order valence-electron chi connectivity index (χ3n) is 3.28. The third-order valence-corrected chi connectivity index (χ3v) is 4.27. The summed E-state index contributed by atoms with van der Waals surface area (Å²) in [6.45, 7) is 5.39. The molecule has 4 nitrogen and oxygen atoms in total. The highest BCUT2D eigenvalue weighted by Crippen LogP contribution is 2.22. The molecule has 1 unspecified atom stereocenters. The fourth-order valence-corrected chi connectivity index (χ4v) is 3.15. The van der Waals surface area contributed by atoms with Crippen molar-refractivity contribution in [2.45, 2.75) is 26.7 Å². The molecule has 1 aliphatic rings. The van der Waals surface area contributed by atoms with E-state index in [0.717, 1.165) is 29.1 Å². The summed E-state index contributed by atoms with van der Waals surface area (Å²) in [4.78, 5) is 27.7. The van der Waals surface area contributed by atoms with Gasteiger partial charge in [-0.05, 0) is 38.8 Å². The number of carbonyl (C=O) groups is 2. The molecule has 19 heavy (non-hydrogen) atoms.